The molecule has 0 spiro atoms. The molecule has 0 bridgehead atoms. The minimum absolute atomic E-state index is 0.219. The van der Waals surface area contributed by atoms with Gasteiger partial charge in [-0.05, 0) is 42.9 Å². The number of hydrogen-bond acceptors (Lipinski definition) is 1. The van der Waals surface area contributed by atoms with Gasteiger partial charge in [0.05, 0.1) is 0 Å². The van der Waals surface area contributed by atoms with Gasteiger partial charge in [0, 0.05) is 19.3 Å². The molecule has 0 radical (unpaired) electrons. The van der Waals surface area contributed by atoms with Crippen LogP contribution >= 0.6 is 0 Å². The normalized spacial score (nSPS) is 8.06. The molecule has 96 valence electrons. The number of rotatable bonds is 7. The van der Waals surface area contributed by atoms with Crippen LogP contribution in [0.15, 0.2) is 0 Å². The Morgan fingerprint density at radius 1 is 0.889 bits per heavy atom. The summed E-state index contributed by atoms with van der Waals surface area (Å²) in [6.07, 6.45) is 6.88. The summed E-state index contributed by atoms with van der Waals surface area (Å²) in [4.78, 5) is 10.2. The standard InChI is InChI=1S/C16H20O2/c1-2-3-4-5-6-7-8-9-10-11-12-13-14-15-16(17)18/h2-5,12-15H2,1H3,(H,17,18). The molecule has 0 heterocycles. The molecule has 0 saturated heterocycles. The molecule has 0 unspecified atom stereocenters. The van der Waals surface area contributed by atoms with Crippen LogP contribution in [0.3, 0.4) is 0 Å². The molecule has 0 aliphatic heterocycles. The van der Waals surface area contributed by atoms with Crippen LogP contribution in [0.5, 0.6) is 0 Å². The van der Waals surface area contributed by atoms with Crippen molar-refractivity contribution in [3.05, 3.63) is 0 Å². The Morgan fingerprint density at radius 3 is 1.94 bits per heavy atom. The quantitative estimate of drug-likeness (QED) is 0.551. The number of carbonyl (C=O) groups is 1. The Kier molecular flexibility index (Phi) is 11.9. The van der Waals surface area contributed by atoms with Gasteiger partial charge in [-0.1, -0.05) is 31.6 Å². The summed E-state index contributed by atoms with van der Waals surface area (Å²) in [5.74, 6) is 16.0. The highest BCUT2D eigenvalue weighted by molar-refractivity contribution is 5.66. The Bertz CT molecular complexity index is 402. The Labute approximate surface area is 110 Å². The Morgan fingerprint density at radius 2 is 1.44 bits per heavy atom. The first-order valence-electron chi connectivity index (χ1n) is 6.45. The van der Waals surface area contributed by atoms with Gasteiger partial charge in [0.1, 0.15) is 0 Å². The highest BCUT2D eigenvalue weighted by atomic mass is 16.4. The minimum Gasteiger partial charge on any atom is -0.481 e. The fourth-order valence-electron chi connectivity index (χ4n) is 1.23. The predicted octanol–water partition coefficient (Wildman–Crippen LogP) is 3.22. The van der Waals surface area contributed by atoms with Gasteiger partial charge in [-0.2, -0.15) is 0 Å². The van der Waals surface area contributed by atoms with E-state index in [9.17, 15) is 4.79 Å². The van der Waals surface area contributed by atoms with Crippen molar-refractivity contribution in [3.8, 4) is 35.5 Å². The van der Waals surface area contributed by atoms with Gasteiger partial charge < -0.3 is 5.11 Å². The lowest BCUT2D eigenvalue weighted by molar-refractivity contribution is -0.137. The van der Waals surface area contributed by atoms with Gasteiger partial charge in [0.25, 0.3) is 0 Å². The third-order valence-electron chi connectivity index (χ3n) is 2.21. The van der Waals surface area contributed by atoms with Gasteiger partial charge in [-0.25, -0.2) is 0 Å². The van der Waals surface area contributed by atoms with Crippen molar-refractivity contribution in [2.45, 2.75) is 58.3 Å². The molecule has 2 nitrogen and oxygen atoms in total. The van der Waals surface area contributed by atoms with Crippen LogP contribution < -0.4 is 0 Å². The van der Waals surface area contributed by atoms with E-state index in [4.69, 9.17) is 5.11 Å². The van der Waals surface area contributed by atoms with E-state index in [1.807, 2.05) is 0 Å². The second kappa shape index (κ2) is 13.2. The van der Waals surface area contributed by atoms with E-state index in [2.05, 4.69) is 42.4 Å². The van der Waals surface area contributed by atoms with E-state index in [-0.39, 0.29) is 6.42 Å². The van der Waals surface area contributed by atoms with Crippen LogP contribution in [0.2, 0.25) is 0 Å². The molecule has 2 heteroatoms. The highest BCUT2D eigenvalue weighted by Crippen LogP contribution is 1.98. The van der Waals surface area contributed by atoms with Gasteiger partial charge in [-0.3, -0.25) is 4.79 Å². The number of unbranched alkanes of at least 4 members (excludes halogenated alkanes) is 5. The third kappa shape index (κ3) is 14.1. The number of carboxylic acid groups (broad SMARTS) is 1. The maximum atomic E-state index is 10.2. The third-order valence-corrected chi connectivity index (χ3v) is 2.21. The topological polar surface area (TPSA) is 37.3 Å². The van der Waals surface area contributed by atoms with Crippen LogP contribution in [0.4, 0.5) is 0 Å². The smallest absolute Gasteiger partial charge is 0.303 e. The Balaban J connectivity index is 3.55. The molecule has 0 amide bonds. The number of carboxylic acids is 1. The summed E-state index contributed by atoms with van der Waals surface area (Å²) in [5.41, 5.74) is 0. The average molecular weight is 244 g/mol. The van der Waals surface area contributed by atoms with Crippen LogP contribution in [0.1, 0.15) is 58.3 Å². The van der Waals surface area contributed by atoms with Crippen molar-refractivity contribution in [2.24, 2.45) is 0 Å². The fraction of sp³-hybridized carbons (Fsp3) is 0.562. The summed E-state index contributed by atoms with van der Waals surface area (Å²) < 4.78 is 0. The van der Waals surface area contributed by atoms with Gasteiger partial charge in [-0.15, -0.1) is 0 Å². The average Bonchev–Trinajstić information content (AvgIpc) is 2.34. The molecule has 0 aliphatic rings. The summed E-state index contributed by atoms with van der Waals surface area (Å²) in [6.45, 7) is 2.17. The molecule has 0 fully saturated rings. The highest BCUT2D eigenvalue weighted by Gasteiger charge is 1.93. The maximum absolute atomic E-state index is 10.2. The molecule has 0 aromatic heterocycles. The number of hydrogen-bond donors (Lipinski definition) is 1. The van der Waals surface area contributed by atoms with Crippen molar-refractivity contribution in [1.29, 1.82) is 0 Å². The molecule has 0 aromatic rings. The first-order valence-corrected chi connectivity index (χ1v) is 6.45. The second-order valence-corrected chi connectivity index (χ2v) is 3.91. The SMILES string of the molecule is CCCCCC#CC#CC#CCCCCC(=O)O. The van der Waals surface area contributed by atoms with Crippen LogP contribution in [-0.2, 0) is 4.79 Å². The molecular formula is C16H20O2. The second-order valence-electron chi connectivity index (χ2n) is 3.91. The van der Waals surface area contributed by atoms with Crippen LogP contribution in [0, 0.1) is 35.5 Å². The molecule has 0 aliphatic carbocycles. The lowest BCUT2D eigenvalue weighted by Crippen LogP contribution is -1.92. The predicted molar refractivity (Wildman–Crippen MR) is 73.6 cm³/mol. The zero-order valence-electron chi connectivity index (χ0n) is 11.0. The van der Waals surface area contributed by atoms with Crippen molar-refractivity contribution in [2.75, 3.05) is 0 Å². The molecule has 0 atom stereocenters. The summed E-state index contributed by atoms with van der Waals surface area (Å²) >= 11 is 0. The summed E-state index contributed by atoms with van der Waals surface area (Å²) in [6, 6.07) is 0. The zero-order chi connectivity index (χ0) is 13.5. The number of aliphatic carboxylic acids is 1. The Hall–Kier alpha value is -1.85. The van der Waals surface area contributed by atoms with Crippen LogP contribution in [-0.4, -0.2) is 11.1 Å². The van der Waals surface area contributed by atoms with Gasteiger partial charge in [0.15, 0.2) is 0 Å². The summed E-state index contributed by atoms with van der Waals surface area (Å²) in [5, 5.41) is 8.42. The van der Waals surface area contributed by atoms with Crippen molar-refractivity contribution < 1.29 is 9.90 Å². The molecule has 18 heavy (non-hydrogen) atoms. The van der Waals surface area contributed by atoms with Gasteiger partial charge in [0.2, 0.25) is 0 Å². The maximum Gasteiger partial charge on any atom is 0.303 e. The van der Waals surface area contributed by atoms with E-state index in [1.54, 1.807) is 0 Å². The van der Waals surface area contributed by atoms with Crippen molar-refractivity contribution in [1.82, 2.24) is 0 Å². The van der Waals surface area contributed by atoms with Crippen LogP contribution in [0.25, 0.3) is 0 Å². The first-order chi connectivity index (χ1) is 8.77. The van der Waals surface area contributed by atoms with E-state index in [1.165, 1.54) is 12.8 Å². The molecule has 0 saturated carbocycles. The van der Waals surface area contributed by atoms with Crippen molar-refractivity contribution >= 4 is 5.97 Å². The molecular weight excluding hydrogens is 224 g/mol. The van der Waals surface area contributed by atoms with E-state index >= 15 is 0 Å². The molecule has 1 N–H and O–H groups in total. The minimum atomic E-state index is -0.749. The van der Waals surface area contributed by atoms with Crippen molar-refractivity contribution in [3.63, 3.8) is 0 Å². The lowest BCUT2D eigenvalue weighted by atomic mass is 10.2. The fourth-order valence-corrected chi connectivity index (χ4v) is 1.23. The first kappa shape index (κ1) is 16.1. The van der Waals surface area contributed by atoms with Gasteiger partial charge >= 0.3 is 5.97 Å². The zero-order valence-corrected chi connectivity index (χ0v) is 11.0. The monoisotopic (exact) mass is 244 g/mol. The molecule has 0 aromatic carbocycles. The largest absolute Gasteiger partial charge is 0.481 e. The molecule has 0 rings (SSSR count). The lowest BCUT2D eigenvalue weighted by Gasteiger charge is -1.89. The van der Waals surface area contributed by atoms with E-state index < -0.39 is 5.97 Å². The summed E-state index contributed by atoms with van der Waals surface area (Å²) in [7, 11) is 0. The van der Waals surface area contributed by atoms with E-state index in [0.717, 1.165) is 19.3 Å². The van der Waals surface area contributed by atoms with E-state index in [0.29, 0.717) is 12.8 Å².